The Kier molecular flexibility index (Phi) is 6.68. The monoisotopic (exact) mass is 478 g/mol. The largest absolute Gasteiger partial charge is 0.493 e. The average Bonchev–Trinajstić information content (AvgIpc) is 3.04. The molecule has 0 aromatic heterocycles. The lowest BCUT2D eigenvalue weighted by molar-refractivity contribution is 0.0990. The molecule has 0 radical (unpaired) electrons. The van der Waals surface area contributed by atoms with Crippen LogP contribution in [0.25, 0.3) is 6.08 Å². The number of allylic oxidation sites excluding steroid dienone is 2. The average molecular weight is 479 g/mol. The fourth-order valence-corrected chi connectivity index (χ4v) is 4.21. The smallest absolute Gasteiger partial charge is 0.197 e. The lowest BCUT2D eigenvalue weighted by atomic mass is 10.0. The van der Waals surface area contributed by atoms with Crippen LogP contribution < -0.4 is 9.47 Å². The summed E-state index contributed by atoms with van der Waals surface area (Å²) in [6.45, 7) is 4.03. The molecule has 0 bridgehead atoms. The Balaban J connectivity index is 1.70. The van der Waals surface area contributed by atoms with Gasteiger partial charge < -0.3 is 9.47 Å². The first kappa shape index (κ1) is 22.8. The van der Waals surface area contributed by atoms with Crippen LogP contribution in [0, 0.1) is 0 Å². The van der Waals surface area contributed by atoms with Gasteiger partial charge in [-0.15, -0.1) is 6.58 Å². The van der Waals surface area contributed by atoms with Gasteiger partial charge in [0.05, 0.1) is 12.7 Å². The molecular weight excluding hydrogens is 459 g/mol. The summed E-state index contributed by atoms with van der Waals surface area (Å²) in [4.78, 5) is 25.6. The highest BCUT2D eigenvalue weighted by molar-refractivity contribution is 6.41. The van der Waals surface area contributed by atoms with Gasteiger partial charge in [-0.2, -0.15) is 0 Å². The van der Waals surface area contributed by atoms with Crippen LogP contribution in [0.4, 0.5) is 0 Å². The minimum atomic E-state index is -0.280. The van der Waals surface area contributed by atoms with Gasteiger partial charge in [0, 0.05) is 32.3 Å². The first-order chi connectivity index (χ1) is 15.9. The molecule has 0 saturated heterocycles. The molecule has 0 N–H and O–H groups in total. The summed E-state index contributed by atoms with van der Waals surface area (Å²) in [7, 11) is 1.54. The van der Waals surface area contributed by atoms with Gasteiger partial charge in [-0.1, -0.05) is 59.6 Å². The number of methoxy groups -OCH3 is 1. The van der Waals surface area contributed by atoms with Gasteiger partial charge in [-0.05, 0) is 42.3 Å². The predicted molar refractivity (Wildman–Crippen MR) is 131 cm³/mol. The maximum absolute atomic E-state index is 12.8. The van der Waals surface area contributed by atoms with Gasteiger partial charge in [-0.3, -0.25) is 9.59 Å². The van der Waals surface area contributed by atoms with Crippen molar-refractivity contribution in [1.29, 1.82) is 0 Å². The Labute approximate surface area is 202 Å². The van der Waals surface area contributed by atoms with Gasteiger partial charge in [-0.25, -0.2) is 0 Å². The Hall–Kier alpha value is -3.34. The fraction of sp³-hybridized carbons (Fsp3) is 0.111. The Morgan fingerprint density at radius 3 is 2.24 bits per heavy atom. The number of Topliss-reactive ketones (excluding diaryl/α,β-unsaturated/α-hetero) is 2. The number of rotatable bonds is 7. The van der Waals surface area contributed by atoms with Crippen molar-refractivity contribution in [3.8, 4) is 11.5 Å². The van der Waals surface area contributed by atoms with E-state index in [4.69, 9.17) is 32.7 Å². The van der Waals surface area contributed by atoms with Crippen LogP contribution in [-0.2, 0) is 13.0 Å². The van der Waals surface area contributed by atoms with Crippen LogP contribution in [0.3, 0.4) is 0 Å². The molecule has 0 aliphatic heterocycles. The number of hydrogen-bond acceptors (Lipinski definition) is 4. The third-order valence-corrected chi connectivity index (χ3v) is 5.93. The zero-order valence-corrected chi connectivity index (χ0v) is 19.4. The van der Waals surface area contributed by atoms with Crippen molar-refractivity contribution in [2.45, 2.75) is 13.0 Å². The molecule has 6 heteroatoms. The number of carbonyl (C=O) groups is 2. The highest BCUT2D eigenvalue weighted by Gasteiger charge is 2.32. The minimum Gasteiger partial charge on any atom is -0.493 e. The Morgan fingerprint density at radius 1 is 0.939 bits per heavy atom. The topological polar surface area (TPSA) is 52.6 Å². The van der Waals surface area contributed by atoms with Crippen molar-refractivity contribution >= 4 is 40.8 Å². The molecule has 4 rings (SSSR count). The standard InChI is InChI=1S/C27H20Cl2O4/c1-3-6-17-11-16(12-22-25(30)20-7-4-5-8-21(20)26(22)31)13-24(32-2)27(17)33-15-18-9-10-19(28)14-23(18)29/h3-5,7-14H,1,6,15H2,2H3. The van der Waals surface area contributed by atoms with Crippen molar-refractivity contribution in [3.05, 3.63) is 111 Å². The first-order valence-electron chi connectivity index (χ1n) is 10.2. The van der Waals surface area contributed by atoms with Crippen molar-refractivity contribution in [1.82, 2.24) is 0 Å². The number of hydrogen-bond donors (Lipinski definition) is 0. The van der Waals surface area contributed by atoms with E-state index in [1.54, 1.807) is 60.7 Å². The van der Waals surface area contributed by atoms with Crippen LogP contribution in [0.2, 0.25) is 10.0 Å². The Morgan fingerprint density at radius 2 is 1.64 bits per heavy atom. The molecule has 3 aromatic carbocycles. The van der Waals surface area contributed by atoms with Crippen molar-refractivity contribution in [2.75, 3.05) is 7.11 Å². The van der Waals surface area contributed by atoms with Crippen molar-refractivity contribution < 1.29 is 19.1 Å². The molecule has 33 heavy (non-hydrogen) atoms. The summed E-state index contributed by atoms with van der Waals surface area (Å²) in [5.41, 5.74) is 3.21. The quantitative estimate of drug-likeness (QED) is 0.213. The zero-order chi connectivity index (χ0) is 23.5. The molecule has 0 amide bonds. The van der Waals surface area contributed by atoms with E-state index >= 15 is 0 Å². The third-order valence-electron chi connectivity index (χ3n) is 5.34. The number of fused-ring (bicyclic) bond motifs is 1. The summed E-state index contributed by atoms with van der Waals surface area (Å²) in [5.74, 6) is 0.453. The lowest BCUT2D eigenvalue weighted by Crippen LogP contribution is -2.03. The van der Waals surface area contributed by atoms with E-state index in [0.29, 0.717) is 44.7 Å². The second-order valence-corrected chi connectivity index (χ2v) is 8.33. The molecule has 4 nitrogen and oxygen atoms in total. The predicted octanol–water partition coefficient (Wildman–Crippen LogP) is 6.77. The highest BCUT2D eigenvalue weighted by Crippen LogP contribution is 2.36. The summed E-state index contributed by atoms with van der Waals surface area (Å²) in [6, 6.07) is 15.6. The van der Waals surface area contributed by atoms with Crippen LogP contribution >= 0.6 is 23.2 Å². The van der Waals surface area contributed by atoms with Gasteiger partial charge in [0.25, 0.3) is 0 Å². The van der Waals surface area contributed by atoms with Crippen LogP contribution in [0.1, 0.15) is 37.4 Å². The molecule has 0 saturated carbocycles. The molecule has 1 aliphatic rings. The zero-order valence-electron chi connectivity index (χ0n) is 17.9. The Bertz CT molecular complexity index is 1270. The van der Waals surface area contributed by atoms with Gasteiger partial charge in [0.15, 0.2) is 23.1 Å². The van der Waals surface area contributed by atoms with Gasteiger partial charge >= 0.3 is 0 Å². The first-order valence-corrected chi connectivity index (χ1v) is 11.0. The van der Waals surface area contributed by atoms with E-state index in [-0.39, 0.29) is 23.7 Å². The van der Waals surface area contributed by atoms with E-state index in [1.165, 1.54) is 7.11 Å². The number of ether oxygens (including phenoxy) is 2. The SMILES string of the molecule is C=CCc1cc(C=C2C(=O)c3ccccc3C2=O)cc(OC)c1OCc1ccc(Cl)cc1Cl. The van der Waals surface area contributed by atoms with Crippen LogP contribution in [0.5, 0.6) is 11.5 Å². The second-order valence-electron chi connectivity index (χ2n) is 7.49. The summed E-state index contributed by atoms with van der Waals surface area (Å²) < 4.78 is 11.7. The van der Waals surface area contributed by atoms with Crippen LogP contribution in [-0.4, -0.2) is 18.7 Å². The van der Waals surface area contributed by atoms with Gasteiger partial charge in [0.1, 0.15) is 6.61 Å². The summed E-state index contributed by atoms with van der Waals surface area (Å²) in [6.07, 6.45) is 3.84. The number of carbonyl (C=O) groups excluding carboxylic acids is 2. The molecule has 0 spiro atoms. The fourth-order valence-electron chi connectivity index (χ4n) is 3.75. The molecule has 0 fully saturated rings. The number of halogens is 2. The molecule has 166 valence electrons. The molecule has 0 heterocycles. The normalized spacial score (nSPS) is 12.5. The lowest BCUT2D eigenvalue weighted by Gasteiger charge is -2.16. The van der Waals surface area contributed by atoms with Gasteiger partial charge in [0.2, 0.25) is 0 Å². The van der Waals surface area contributed by atoms with E-state index in [9.17, 15) is 9.59 Å². The molecule has 3 aromatic rings. The number of ketones is 2. The third kappa shape index (κ3) is 4.58. The van der Waals surface area contributed by atoms with E-state index in [2.05, 4.69) is 6.58 Å². The summed E-state index contributed by atoms with van der Waals surface area (Å²) in [5, 5.41) is 1.05. The van der Waals surface area contributed by atoms with E-state index in [1.807, 2.05) is 6.07 Å². The maximum atomic E-state index is 12.8. The van der Waals surface area contributed by atoms with Crippen molar-refractivity contribution in [2.24, 2.45) is 0 Å². The molecule has 1 aliphatic carbocycles. The number of benzene rings is 3. The van der Waals surface area contributed by atoms with Crippen LogP contribution in [0.15, 0.2) is 72.8 Å². The molecule has 0 atom stereocenters. The van der Waals surface area contributed by atoms with E-state index in [0.717, 1.165) is 11.1 Å². The highest BCUT2D eigenvalue weighted by atomic mass is 35.5. The molecule has 0 unspecified atom stereocenters. The van der Waals surface area contributed by atoms with Crippen molar-refractivity contribution in [3.63, 3.8) is 0 Å². The van der Waals surface area contributed by atoms with E-state index < -0.39 is 0 Å². The minimum absolute atomic E-state index is 0.129. The summed E-state index contributed by atoms with van der Waals surface area (Å²) >= 11 is 12.2. The maximum Gasteiger partial charge on any atom is 0.197 e. The second kappa shape index (κ2) is 9.65. The molecular formula is C27H20Cl2O4.